The predicted octanol–water partition coefficient (Wildman–Crippen LogP) is 1.85. The molecule has 1 heterocycles. The molecule has 0 radical (unpaired) electrons. The summed E-state index contributed by atoms with van der Waals surface area (Å²) in [6, 6.07) is 6.25. The molecule has 0 aliphatic carbocycles. The van der Waals surface area contributed by atoms with Crippen LogP contribution in [0.5, 0.6) is 0 Å². The average molecular weight is 370 g/mol. The number of alkyl halides is 3. The molecule has 140 valence electrons. The van der Waals surface area contributed by atoms with Crippen LogP contribution in [0.4, 0.5) is 18.0 Å². The third-order valence-corrected chi connectivity index (χ3v) is 3.28. The molecular weight excluding hydrogens is 353 g/mol. The summed E-state index contributed by atoms with van der Waals surface area (Å²) in [6.45, 7) is 2.13. The molecule has 11 heteroatoms. The van der Waals surface area contributed by atoms with E-state index in [1.54, 1.807) is 5.32 Å². The topological polar surface area (TPSA) is 102 Å². The van der Waals surface area contributed by atoms with Gasteiger partial charge in [-0.05, 0) is 16.7 Å². The Morgan fingerprint density at radius 3 is 2.42 bits per heavy atom. The zero-order valence-electron chi connectivity index (χ0n) is 14.0. The van der Waals surface area contributed by atoms with Crippen LogP contribution >= 0.6 is 0 Å². The minimum Gasteiger partial charge on any atom is -0.329 e. The molecule has 0 aliphatic heterocycles. The fourth-order valence-corrected chi connectivity index (χ4v) is 1.96. The number of carbonyl (C=O) groups excluding carboxylic acids is 2. The van der Waals surface area contributed by atoms with Crippen molar-refractivity contribution in [3.63, 3.8) is 0 Å². The first-order valence-corrected chi connectivity index (χ1v) is 7.66. The van der Waals surface area contributed by atoms with E-state index in [2.05, 4.69) is 29.3 Å². The van der Waals surface area contributed by atoms with Gasteiger partial charge in [-0.15, -0.1) is 10.2 Å². The van der Waals surface area contributed by atoms with Crippen molar-refractivity contribution in [2.24, 2.45) is 0 Å². The van der Waals surface area contributed by atoms with Crippen molar-refractivity contribution in [2.45, 2.75) is 32.5 Å². The van der Waals surface area contributed by atoms with Crippen LogP contribution in [0.25, 0.3) is 11.4 Å². The van der Waals surface area contributed by atoms with Crippen molar-refractivity contribution in [1.82, 2.24) is 30.8 Å². The predicted molar refractivity (Wildman–Crippen MR) is 84.9 cm³/mol. The molecule has 0 saturated carbocycles. The largest absolute Gasteiger partial charge is 0.405 e. The lowest BCUT2D eigenvalue weighted by molar-refractivity contribution is -0.125. The number of hydrogen-bond donors (Lipinski definition) is 2. The van der Waals surface area contributed by atoms with Crippen LogP contribution < -0.4 is 10.6 Å². The molecule has 0 unspecified atom stereocenters. The molecule has 8 nitrogen and oxygen atoms in total. The van der Waals surface area contributed by atoms with Gasteiger partial charge in [-0.1, -0.05) is 38.1 Å². The Hall–Kier alpha value is -2.98. The Morgan fingerprint density at radius 1 is 1.19 bits per heavy atom. The van der Waals surface area contributed by atoms with Gasteiger partial charge in [-0.25, -0.2) is 4.79 Å². The first-order valence-electron chi connectivity index (χ1n) is 7.66. The fraction of sp³-hybridized carbons (Fsp3) is 0.400. The van der Waals surface area contributed by atoms with Gasteiger partial charge in [0.15, 0.2) is 0 Å². The highest BCUT2D eigenvalue weighted by molar-refractivity contribution is 5.94. The minimum atomic E-state index is -4.56. The monoisotopic (exact) mass is 370 g/mol. The number of urea groups is 1. The van der Waals surface area contributed by atoms with Crippen molar-refractivity contribution < 1.29 is 22.8 Å². The summed E-state index contributed by atoms with van der Waals surface area (Å²) in [5, 5.41) is 14.8. The molecular formula is C15H17F3N6O2. The highest BCUT2D eigenvalue weighted by Gasteiger charge is 2.28. The summed E-state index contributed by atoms with van der Waals surface area (Å²) in [5.41, 5.74) is 1.84. The molecule has 0 bridgehead atoms. The van der Waals surface area contributed by atoms with Crippen LogP contribution in [0.15, 0.2) is 24.3 Å². The SMILES string of the molecule is CC(C)c1ccc(-c2nnn(CC(=O)NC(=O)NCC(F)(F)F)n2)cc1. The van der Waals surface area contributed by atoms with E-state index >= 15 is 0 Å². The van der Waals surface area contributed by atoms with Crippen LogP contribution in [0.2, 0.25) is 0 Å². The smallest absolute Gasteiger partial charge is 0.329 e. The van der Waals surface area contributed by atoms with Crippen molar-refractivity contribution in [3.05, 3.63) is 29.8 Å². The fourth-order valence-electron chi connectivity index (χ4n) is 1.96. The summed E-state index contributed by atoms with van der Waals surface area (Å²) >= 11 is 0. The van der Waals surface area contributed by atoms with Gasteiger partial charge in [0, 0.05) is 5.56 Å². The van der Waals surface area contributed by atoms with E-state index in [1.165, 1.54) is 5.32 Å². The van der Waals surface area contributed by atoms with Crippen molar-refractivity contribution in [2.75, 3.05) is 6.54 Å². The van der Waals surface area contributed by atoms with E-state index in [0.717, 1.165) is 10.4 Å². The molecule has 0 atom stereocenters. The molecule has 3 amide bonds. The Balaban J connectivity index is 1.91. The second-order valence-electron chi connectivity index (χ2n) is 5.77. The second kappa shape index (κ2) is 7.93. The van der Waals surface area contributed by atoms with Crippen molar-refractivity contribution >= 4 is 11.9 Å². The molecule has 26 heavy (non-hydrogen) atoms. The molecule has 2 rings (SSSR count). The number of halogens is 3. The Morgan fingerprint density at radius 2 is 1.85 bits per heavy atom. The highest BCUT2D eigenvalue weighted by Crippen LogP contribution is 2.19. The van der Waals surface area contributed by atoms with Gasteiger partial charge < -0.3 is 5.32 Å². The van der Waals surface area contributed by atoms with E-state index in [0.29, 0.717) is 11.5 Å². The molecule has 0 fully saturated rings. The Kier molecular flexibility index (Phi) is 5.90. The first-order chi connectivity index (χ1) is 12.1. The van der Waals surface area contributed by atoms with Gasteiger partial charge in [-0.3, -0.25) is 10.1 Å². The van der Waals surface area contributed by atoms with E-state index in [9.17, 15) is 22.8 Å². The van der Waals surface area contributed by atoms with Gasteiger partial charge >= 0.3 is 12.2 Å². The molecule has 0 aliphatic rings. The van der Waals surface area contributed by atoms with Gasteiger partial charge in [0.25, 0.3) is 5.91 Å². The summed E-state index contributed by atoms with van der Waals surface area (Å²) in [4.78, 5) is 23.8. The molecule has 2 aromatic rings. The lowest BCUT2D eigenvalue weighted by Crippen LogP contribution is -2.44. The van der Waals surface area contributed by atoms with Crippen LogP contribution in [-0.2, 0) is 11.3 Å². The Labute approximate surface area is 146 Å². The zero-order valence-corrected chi connectivity index (χ0v) is 14.0. The number of tetrazole rings is 1. The van der Waals surface area contributed by atoms with E-state index in [-0.39, 0.29) is 5.82 Å². The van der Waals surface area contributed by atoms with Gasteiger partial charge in [0.1, 0.15) is 13.1 Å². The van der Waals surface area contributed by atoms with Crippen LogP contribution in [0, 0.1) is 0 Å². The van der Waals surface area contributed by atoms with Crippen molar-refractivity contribution in [1.29, 1.82) is 0 Å². The van der Waals surface area contributed by atoms with Gasteiger partial charge in [-0.2, -0.15) is 18.0 Å². The number of carbonyl (C=O) groups is 2. The number of nitrogens with zero attached hydrogens (tertiary/aromatic N) is 4. The van der Waals surface area contributed by atoms with Gasteiger partial charge in [0.2, 0.25) is 5.82 Å². The van der Waals surface area contributed by atoms with E-state index in [1.807, 2.05) is 24.3 Å². The lowest BCUT2D eigenvalue weighted by atomic mass is 10.0. The normalized spacial score (nSPS) is 11.5. The molecule has 0 spiro atoms. The Bertz CT molecular complexity index is 770. The quantitative estimate of drug-likeness (QED) is 0.836. The second-order valence-corrected chi connectivity index (χ2v) is 5.77. The lowest BCUT2D eigenvalue weighted by Gasteiger charge is -2.08. The number of amides is 3. The third kappa shape index (κ3) is 5.83. The van der Waals surface area contributed by atoms with E-state index < -0.39 is 31.2 Å². The summed E-state index contributed by atoms with van der Waals surface area (Å²) < 4.78 is 35.9. The van der Waals surface area contributed by atoms with Gasteiger partial charge in [0.05, 0.1) is 0 Å². The number of imide groups is 1. The molecule has 2 N–H and O–H groups in total. The molecule has 1 aromatic carbocycles. The maximum Gasteiger partial charge on any atom is 0.405 e. The number of rotatable bonds is 5. The summed E-state index contributed by atoms with van der Waals surface area (Å²) in [6.07, 6.45) is -4.56. The number of benzene rings is 1. The maximum absolute atomic E-state index is 12.0. The average Bonchev–Trinajstić information content (AvgIpc) is 3.00. The first kappa shape index (κ1) is 19.3. The number of aromatic nitrogens is 4. The van der Waals surface area contributed by atoms with Crippen LogP contribution in [0.1, 0.15) is 25.3 Å². The number of hydrogen-bond acceptors (Lipinski definition) is 5. The van der Waals surface area contributed by atoms with Crippen LogP contribution in [0.3, 0.4) is 0 Å². The highest BCUT2D eigenvalue weighted by atomic mass is 19.4. The van der Waals surface area contributed by atoms with E-state index in [4.69, 9.17) is 0 Å². The standard InChI is InChI=1S/C15H17F3N6O2/c1-9(2)10-3-5-11(6-4-10)13-21-23-24(22-13)7-12(25)20-14(26)19-8-15(16,17)18/h3-6,9H,7-8H2,1-2H3,(H2,19,20,25,26). The molecule has 1 aromatic heterocycles. The summed E-state index contributed by atoms with van der Waals surface area (Å²) in [5.74, 6) is -0.210. The summed E-state index contributed by atoms with van der Waals surface area (Å²) in [7, 11) is 0. The van der Waals surface area contributed by atoms with Crippen molar-refractivity contribution in [3.8, 4) is 11.4 Å². The van der Waals surface area contributed by atoms with Crippen LogP contribution in [-0.4, -0.2) is 44.9 Å². The zero-order chi connectivity index (χ0) is 19.3. The number of nitrogens with one attached hydrogen (secondary N) is 2. The maximum atomic E-state index is 12.0. The molecule has 0 saturated heterocycles. The minimum absolute atomic E-state index is 0.287. The third-order valence-electron chi connectivity index (χ3n) is 3.28.